The summed E-state index contributed by atoms with van der Waals surface area (Å²) < 4.78 is 13.9. The summed E-state index contributed by atoms with van der Waals surface area (Å²) in [6, 6.07) is 5.66. The zero-order valence-corrected chi connectivity index (χ0v) is 16.4. The predicted octanol–water partition coefficient (Wildman–Crippen LogP) is 1.10. The molecule has 2 heterocycles. The van der Waals surface area contributed by atoms with Gasteiger partial charge in [-0.25, -0.2) is 4.39 Å². The second kappa shape index (κ2) is 10.5. The van der Waals surface area contributed by atoms with Crippen molar-refractivity contribution in [2.75, 3.05) is 26.2 Å². The second-order valence-electron chi connectivity index (χ2n) is 6.99. The first-order valence-corrected chi connectivity index (χ1v) is 9.56. The van der Waals surface area contributed by atoms with Crippen LogP contribution in [0.3, 0.4) is 0 Å². The van der Waals surface area contributed by atoms with Gasteiger partial charge < -0.3 is 19.8 Å². The molecule has 0 bridgehead atoms. The van der Waals surface area contributed by atoms with Crippen LogP contribution in [0.5, 0.6) is 0 Å². The largest absolute Gasteiger partial charge is 0.483 e. The molecule has 1 N–H and O–H groups in total. The van der Waals surface area contributed by atoms with Crippen LogP contribution >= 0.6 is 0 Å². The molecule has 3 rings (SSSR count). The third-order valence-electron chi connectivity index (χ3n) is 5.11. The summed E-state index contributed by atoms with van der Waals surface area (Å²) in [6.45, 7) is 3.37. The molecule has 1 aromatic rings. The first kappa shape index (κ1) is 22.3. The van der Waals surface area contributed by atoms with E-state index in [4.69, 9.17) is 9.90 Å². The molecule has 0 saturated carbocycles. The highest BCUT2D eigenvalue weighted by molar-refractivity contribution is 5.94. The van der Waals surface area contributed by atoms with E-state index in [1.165, 1.54) is 11.0 Å². The molecule has 8 nitrogen and oxygen atoms in total. The molecule has 9 heteroatoms. The van der Waals surface area contributed by atoms with E-state index >= 15 is 0 Å². The molecule has 2 aliphatic rings. The minimum Gasteiger partial charge on any atom is -0.483 e. The number of hydrogen-bond acceptors (Lipinski definition) is 4. The molecule has 2 fully saturated rings. The van der Waals surface area contributed by atoms with Gasteiger partial charge in [0.15, 0.2) is 0 Å². The van der Waals surface area contributed by atoms with Crippen LogP contribution in [-0.4, -0.2) is 76.2 Å². The van der Waals surface area contributed by atoms with E-state index in [0.717, 1.165) is 13.0 Å². The molecule has 2 aliphatic heterocycles. The average molecular weight is 407 g/mol. The van der Waals surface area contributed by atoms with Crippen molar-refractivity contribution >= 4 is 24.2 Å². The fraction of sp³-hybridized carbons (Fsp3) is 0.500. The maximum Gasteiger partial charge on any atom is 0.290 e. The van der Waals surface area contributed by atoms with Gasteiger partial charge in [0, 0.05) is 38.2 Å². The Morgan fingerprint density at radius 1 is 1.14 bits per heavy atom. The average Bonchev–Trinajstić information content (AvgIpc) is 3.10. The minimum atomic E-state index is -0.621. The van der Waals surface area contributed by atoms with Crippen molar-refractivity contribution in [1.29, 1.82) is 0 Å². The lowest BCUT2D eigenvalue weighted by molar-refractivity contribution is -0.155. The standard InChI is InChI=1S/C19H24FN3O3.CH2O2/c1-14-19(26)22(11-5-10-21-9-4-8-17(21)24)13-18(25)23(14)12-15-6-2-3-7-16(15)20;2-1-3/h2-3,6-7,14H,4-5,8-13H2,1H3;1H,(H,2,3)/t14-;/m0./s1. The van der Waals surface area contributed by atoms with Crippen LogP contribution in [0.2, 0.25) is 0 Å². The number of amides is 3. The van der Waals surface area contributed by atoms with Gasteiger partial charge >= 0.3 is 0 Å². The summed E-state index contributed by atoms with van der Waals surface area (Å²) in [7, 11) is 0. The summed E-state index contributed by atoms with van der Waals surface area (Å²) in [5.74, 6) is -0.528. The lowest BCUT2D eigenvalue weighted by Crippen LogP contribution is -2.58. The molecule has 0 aromatic heterocycles. The molecule has 0 unspecified atom stereocenters. The van der Waals surface area contributed by atoms with Crippen molar-refractivity contribution < 1.29 is 28.7 Å². The van der Waals surface area contributed by atoms with E-state index < -0.39 is 6.04 Å². The molecule has 2 saturated heterocycles. The monoisotopic (exact) mass is 407 g/mol. The van der Waals surface area contributed by atoms with Crippen LogP contribution in [0.4, 0.5) is 4.39 Å². The number of piperazine rings is 1. The second-order valence-corrected chi connectivity index (χ2v) is 6.99. The lowest BCUT2D eigenvalue weighted by atomic mass is 10.1. The zero-order chi connectivity index (χ0) is 21.4. The minimum absolute atomic E-state index is 0.00553. The predicted molar refractivity (Wildman–Crippen MR) is 102 cm³/mol. The van der Waals surface area contributed by atoms with E-state index in [1.54, 1.807) is 30.0 Å². The Kier molecular flexibility index (Phi) is 8.11. The van der Waals surface area contributed by atoms with Gasteiger partial charge in [0.1, 0.15) is 11.9 Å². The highest BCUT2D eigenvalue weighted by Gasteiger charge is 2.36. The number of rotatable bonds is 6. The van der Waals surface area contributed by atoms with Crippen molar-refractivity contribution in [2.24, 2.45) is 0 Å². The number of halogens is 1. The molecule has 1 atom stereocenters. The molecule has 0 aliphatic carbocycles. The third kappa shape index (κ3) is 5.75. The summed E-state index contributed by atoms with van der Waals surface area (Å²) >= 11 is 0. The Balaban J connectivity index is 0.000000941. The van der Waals surface area contributed by atoms with E-state index in [2.05, 4.69) is 0 Å². The highest BCUT2D eigenvalue weighted by atomic mass is 19.1. The molecule has 1 aromatic carbocycles. The number of likely N-dealkylation sites (tertiary alicyclic amines) is 1. The number of carboxylic acid groups (broad SMARTS) is 1. The van der Waals surface area contributed by atoms with Crippen LogP contribution in [0.25, 0.3) is 0 Å². The molecule has 158 valence electrons. The Morgan fingerprint density at radius 3 is 2.41 bits per heavy atom. The molecule has 29 heavy (non-hydrogen) atoms. The van der Waals surface area contributed by atoms with Crippen molar-refractivity contribution in [3.63, 3.8) is 0 Å². The topological polar surface area (TPSA) is 98.2 Å². The van der Waals surface area contributed by atoms with Gasteiger partial charge in [-0.15, -0.1) is 0 Å². The van der Waals surface area contributed by atoms with Crippen molar-refractivity contribution in [1.82, 2.24) is 14.7 Å². The SMILES string of the molecule is C[C@H]1C(=O)N(CCCN2CCCC2=O)CC(=O)N1Cc1ccccc1F.O=CO. The number of hydrogen-bond donors (Lipinski definition) is 1. The van der Waals surface area contributed by atoms with Gasteiger partial charge in [-0.1, -0.05) is 18.2 Å². The maximum absolute atomic E-state index is 13.9. The summed E-state index contributed by atoms with van der Waals surface area (Å²) in [6.07, 6.45) is 2.15. The molecule has 3 amide bonds. The molecule has 0 spiro atoms. The zero-order valence-electron chi connectivity index (χ0n) is 16.4. The van der Waals surface area contributed by atoms with E-state index in [0.29, 0.717) is 31.5 Å². The molecular weight excluding hydrogens is 381 g/mol. The van der Waals surface area contributed by atoms with Crippen molar-refractivity contribution in [3.8, 4) is 0 Å². The third-order valence-corrected chi connectivity index (χ3v) is 5.11. The summed E-state index contributed by atoms with van der Waals surface area (Å²) in [5.41, 5.74) is 0.404. The van der Waals surface area contributed by atoms with E-state index in [1.807, 2.05) is 4.90 Å². The first-order valence-electron chi connectivity index (χ1n) is 9.56. The smallest absolute Gasteiger partial charge is 0.290 e. The molecular formula is C20H26FN3O5. The van der Waals surface area contributed by atoms with Crippen molar-refractivity contribution in [3.05, 3.63) is 35.6 Å². The first-order chi connectivity index (χ1) is 13.9. The summed E-state index contributed by atoms with van der Waals surface area (Å²) in [4.78, 5) is 49.9. The summed E-state index contributed by atoms with van der Waals surface area (Å²) in [5, 5.41) is 6.89. The Labute approximate surface area is 168 Å². The normalized spacial score (nSPS) is 19.3. The fourth-order valence-electron chi connectivity index (χ4n) is 3.56. The quantitative estimate of drug-likeness (QED) is 0.712. The lowest BCUT2D eigenvalue weighted by Gasteiger charge is -2.39. The maximum atomic E-state index is 13.9. The van der Waals surface area contributed by atoms with Crippen molar-refractivity contribution in [2.45, 2.75) is 38.8 Å². The van der Waals surface area contributed by atoms with Gasteiger partial charge in [0.25, 0.3) is 6.47 Å². The molecule has 0 radical (unpaired) electrons. The van der Waals surface area contributed by atoms with Crippen LogP contribution in [0.1, 0.15) is 31.7 Å². The fourth-order valence-corrected chi connectivity index (χ4v) is 3.56. The van der Waals surface area contributed by atoms with Gasteiger partial charge in [-0.05, 0) is 25.8 Å². The van der Waals surface area contributed by atoms with Crippen LogP contribution < -0.4 is 0 Å². The number of carbonyl (C=O) groups excluding carboxylic acids is 3. The Hall–Kier alpha value is -2.97. The van der Waals surface area contributed by atoms with Gasteiger partial charge in [0.05, 0.1) is 6.54 Å². The van der Waals surface area contributed by atoms with Gasteiger partial charge in [-0.2, -0.15) is 0 Å². The van der Waals surface area contributed by atoms with Gasteiger partial charge in [-0.3, -0.25) is 19.2 Å². The van der Waals surface area contributed by atoms with E-state index in [9.17, 15) is 18.8 Å². The van der Waals surface area contributed by atoms with E-state index in [-0.39, 0.29) is 43.1 Å². The van der Waals surface area contributed by atoms with Crippen LogP contribution in [0, 0.1) is 5.82 Å². The number of nitrogens with zero attached hydrogens (tertiary/aromatic N) is 3. The number of carbonyl (C=O) groups is 4. The Morgan fingerprint density at radius 2 is 1.79 bits per heavy atom. The van der Waals surface area contributed by atoms with Crippen LogP contribution in [-0.2, 0) is 25.7 Å². The highest BCUT2D eigenvalue weighted by Crippen LogP contribution is 2.18. The number of benzene rings is 1. The Bertz CT molecular complexity index is 757. The van der Waals surface area contributed by atoms with Gasteiger partial charge in [0.2, 0.25) is 17.7 Å². The van der Waals surface area contributed by atoms with Crippen LogP contribution in [0.15, 0.2) is 24.3 Å².